The molecule has 2 atom stereocenters. The molecule has 1 aromatic rings. The number of piperidine rings is 1. The van der Waals surface area contributed by atoms with E-state index in [4.69, 9.17) is 5.73 Å². The van der Waals surface area contributed by atoms with Crippen molar-refractivity contribution in [2.24, 2.45) is 5.92 Å². The highest BCUT2D eigenvalue weighted by Gasteiger charge is 2.35. The van der Waals surface area contributed by atoms with Gasteiger partial charge in [0.05, 0.1) is 4.90 Å². The second kappa shape index (κ2) is 5.37. The van der Waals surface area contributed by atoms with Gasteiger partial charge in [-0.1, -0.05) is 6.92 Å². The molecule has 2 unspecified atom stereocenters. The lowest BCUT2D eigenvalue weighted by atomic mass is 9.94. The van der Waals surface area contributed by atoms with E-state index in [1.165, 1.54) is 0 Å². The van der Waals surface area contributed by atoms with Crippen LogP contribution in [0.25, 0.3) is 0 Å². The standard InChI is InChI=1S/C15H24N2O2S/c1-10-6-5-7-17(13(10)4)20(18,19)15-9-14(16)8-11(2)12(15)3/h8-10,13H,5-7,16H2,1-4H3. The number of hydrogen-bond acceptors (Lipinski definition) is 3. The molecule has 0 amide bonds. The molecule has 0 spiro atoms. The van der Waals surface area contributed by atoms with Gasteiger partial charge in [-0.05, 0) is 62.8 Å². The van der Waals surface area contributed by atoms with Crippen LogP contribution in [0.4, 0.5) is 5.69 Å². The number of nitrogens with zero attached hydrogens (tertiary/aromatic N) is 1. The fourth-order valence-corrected chi connectivity index (χ4v) is 4.99. The molecule has 0 aliphatic carbocycles. The van der Waals surface area contributed by atoms with E-state index in [0.717, 1.165) is 24.0 Å². The van der Waals surface area contributed by atoms with Gasteiger partial charge >= 0.3 is 0 Å². The second-order valence-corrected chi connectivity index (χ2v) is 7.80. The van der Waals surface area contributed by atoms with E-state index in [1.807, 2.05) is 26.8 Å². The zero-order valence-electron chi connectivity index (χ0n) is 12.7. The third kappa shape index (κ3) is 2.56. The van der Waals surface area contributed by atoms with Crippen molar-refractivity contribution in [2.75, 3.05) is 12.3 Å². The Hall–Kier alpha value is -1.07. The van der Waals surface area contributed by atoms with Gasteiger partial charge in [-0.3, -0.25) is 0 Å². The van der Waals surface area contributed by atoms with Crippen molar-refractivity contribution < 1.29 is 8.42 Å². The summed E-state index contributed by atoms with van der Waals surface area (Å²) in [4.78, 5) is 0.357. The molecule has 5 heteroatoms. The van der Waals surface area contributed by atoms with Crippen LogP contribution < -0.4 is 5.73 Å². The predicted octanol–water partition coefficient (Wildman–Crippen LogP) is 2.69. The average molecular weight is 296 g/mol. The summed E-state index contributed by atoms with van der Waals surface area (Å²) in [5, 5.41) is 0. The van der Waals surface area contributed by atoms with Gasteiger partial charge in [0.1, 0.15) is 0 Å². The third-order valence-corrected chi connectivity index (χ3v) is 6.66. The fourth-order valence-electron chi connectivity index (χ4n) is 2.88. The number of anilines is 1. The quantitative estimate of drug-likeness (QED) is 0.853. The van der Waals surface area contributed by atoms with Crippen LogP contribution >= 0.6 is 0 Å². The van der Waals surface area contributed by atoms with Crippen LogP contribution in [-0.2, 0) is 10.0 Å². The maximum atomic E-state index is 12.9. The summed E-state index contributed by atoms with van der Waals surface area (Å²) in [5.74, 6) is 0.390. The molecule has 1 saturated heterocycles. The van der Waals surface area contributed by atoms with Crippen LogP contribution in [0.5, 0.6) is 0 Å². The van der Waals surface area contributed by atoms with Gasteiger partial charge < -0.3 is 5.73 Å². The Morgan fingerprint density at radius 3 is 2.55 bits per heavy atom. The molecule has 1 aromatic carbocycles. The molecule has 0 aromatic heterocycles. The summed E-state index contributed by atoms with van der Waals surface area (Å²) in [7, 11) is -3.47. The Morgan fingerprint density at radius 1 is 1.25 bits per heavy atom. The molecule has 1 fully saturated rings. The molecule has 0 radical (unpaired) electrons. The highest BCUT2D eigenvalue weighted by atomic mass is 32.2. The molecule has 112 valence electrons. The van der Waals surface area contributed by atoms with Crippen LogP contribution in [0.1, 0.15) is 37.8 Å². The van der Waals surface area contributed by atoms with E-state index >= 15 is 0 Å². The number of rotatable bonds is 2. The lowest BCUT2D eigenvalue weighted by Gasteiger charge is -2.37. The van der Waals surface area contributed by atoms with Crippen molar-refractivity contribution >= 4 is 15.7 Å². The minimum absolute atomic E-state index is 0.0369. The van der Waals surface area contributed by atoms with Gasteiger partial charge in [0.25, 0.3) is 0 Å². The summed E-state index contributed by atoms with van der Waals surface area (Å²) >= 11 is 0. The number of nitrogens with two attached hydrogens (primary N) is 1. The van der Waals surface area contributed by atoms with E-state index in [1.54, 1.807) is 10.4 Å². The lowest BCUT2D eigenvalue weighted by molar-refractivity contribution is 0.202. The smallest absolute Gasteiger partial charge is 0.243 e. The summed E-state index contributed by atoms with van der Waals surface area (Å²) in [5.41, 5.74) is 8.05. The van der Waals surface area contributed by atoms with Gasteiger partial charge in [0.15, 0.2) is 0 Å². The predicted molar refractivity (Wildman–Crippen MR) is 82.1 cm³/mol. The minimum atomic E-state index is -3.47. The monoisotopic (exact) mass is 296 g/mol. The van der Waals surface area contributed by atoms with Crippen LogP contribution in [-0.4, -0.2) is 25.3 Å². The number of hydrogen-bond donors (Lipinski definition) is 1. The molecule has 2 rings (SSSR count). The van der Waals surface area contributed by atoms with E-state index in [0.29, 0.717) is 23.0 Å². The maximum Gasteiger partial charge on any atom is 0.243 e. The average Bonchev–Trinajstić information content (AvgIpc) is 2.36. The van der Waals surface area contributed by atoms with Gasteiger partial charge in [-0.25, -0.2) is 8.42 Å². The first-order valence-corrected chi connectivity index (χ1v) is 8.57. The number of nitrogen functional groups attached to an aromatic ring is 1. The molecule has 1 heterocycles. The number of benzene rings is 1. The second-order valence-electron chi connectivity index (χ2n) is 5.94. The molecule has 1 aliphatic heterocycles. The fraction of sp³-hybridized carbons (Fsp3) is 0.600. The molecular weight excluding hydrogens is 272 g/mol. The third-order valence-electron chi connectivity index (χ3n) is 4.54. The first kappa shape index (κ1) is 15.3. The molecule has 0 saturated carbocycles. The lowest BCUT2D eigenvalue weighted by Crippen LogP contribution is -2.46. The molecule has 1 aliphatic rings. The van der Waals surface area contributed by atoms with Crippen LogP contribution in [0.3, 0.4) is 0 Å². The zero-order valence-corrected chi connectivity index (χ0v) is 13.5. The molecule has 0 bridgehead atoms. The Morgan fingerprint density at radius 2 is 1.90 bits per heavy atom. The van der Waals surface area contributed by atoms with Crippen molar-refractivity contribution in [1.29, 1.82) is 0 Å². The van der Waals surface area contributed by atoms with Gasteiger partial charge in [-0.2, -0.15) is 4.31 Å². The van der Waals surface area contributed by atoms with Crippen molar-refractivity contribution in [3.63, 3.8) is 0 Å². The van der Waals surface area contributed by atoms with E-state index in [-0.39, 0.29) is 6.04 Å². The first-order valence-electron chi connectivity index (χ1n) is 7.13. The van der Waals surface area contributed by atoms with E-state index in [2.05, 4.69) is 6.92 Å². The van der Waals surface area contributed by atoms with E-state index < -0.39 is 10.0 Å². The molecule has 20 heavy (non-hydrogen) atoms. The largest absolute Gasteiger partial charge is 0.399 e. The van der Waals surface area contributed by atoms with Gasteiger partial charge in [-0.15, -0.1) is 0 Å². The van der Waals surface area contributed by atoms with Crippen LogP contribution in [0.2, 0.25) is 0 Å². The zero-order chi connectivity index (χ0) is 15.1. The minimum Gasteiger partial charge on any atom is -0.399 e. The summed E-state index contributed by atoms with van der Waals surface area (Å²) in [6.45, 7) is 8.45. The Bertz CT molecular complexity index is 611. The Labute approximate surface area is 122 Å². The van der Waals surface area contributed by atoms with Gasteiger partial charge in [0.2, 0.25) is 10.0 Å². The van der Waals surface area contributed by atoms with Crippen LogP contribution in [0.15, 0.2) is 17.0 Å². The first-order chi connectivity index (χ1) is 9.25. The number of sulfonamides is 1. The van der Waals surface area contributed by atoms with Crippen molar-refractivity contribution in [2.45, 2.75) is 51.5 Å². The molecule has 4 nitrogen and oxygen atoms in total. The van der Waals surface area contributed by atoms with E-state index in [9.17, 15) is 8.42 Å². The summed E-state index contributed by atoms with van der Waals surface area (Å²) in [6.07, 6.45) is 2.01. The Kier molecular flexibility index (Phi) is 4.12. The van der Waals surface area contributed by atoms with Crippen LogP contribution in [0, 0.1) is 19.8 Å². The normalized spacial score (nSPS) is 24.8. The van der Waals surface area contributed by atoms with Crippen molar-refractivity contribution in [1.82, 2.24) is 4.31 Å². The van der Waals surface area contributed by atoms with Crippen molar-refractivity contribution in [3.05, 3.63) is 23.3 Å². The maximum absolute atomic E-state index is 12.9. The molecular formula is C15H24N2O2S. The summed E-state index contributed by atoms with van der Waals surface area (Å²) in [6, 6.07) is 3.44. The highest BCUT2D eigenvalue weighted by molar-refractivity contribution is 7.89. The topological polar surface area (TPSA) is 63.4 Å². The Balaban J connectivity index is 2.50. The number of aryl methyl sites for hydroxylation is 1. The highest BCUT2D eigenvalue weighted by Crippen LogP contribution is 2.31. The SMILES string of the molecule is Cc1cc(N)cc(S(=O)(=O)N2CCCC(C)C2C)c1C. The summed E-state index contributed by atoms with van der Waals surface area (Å²) < 4.78 is 27.5. The van der Waals surface area contributed by atoms with Crippen molar-refractivity contribution in [3.8, 4) is 0 Å². The molecule has 2 N–H and O–H groups in total. The van der Waals surface area contributed by atoms with Gasteiger partial charge in [0, 0.05) is 18.3 Å².